The van der Waals surface area contributed by atoms with Crippen molar-refractivity contribution in [2.24, 2.45) is 0 Å². The second-order valence-corrected chi connectivity index (χ2v) is 6.79. The van der Waals surface area contributed by atoms with Crippen molar-refractivity contribution < 1.29 is 14.6 Å². The van der Waals surface area contributed by atoms with Crippen LogP contribution in [-0.2, 0) is 6.54 Å². The maximum absolute atomic E-state index is 12.9. The minimum absolute atomic E-state index is 0.0790. The van der Waals surface area contributed by atoms with Crippen LogP contribution in [0.1, 0.15) is 44.0 Å². The van der Waals surface area contributed by atoms with Crippen molar-refractivity contribution in [1.29, 1.82) is 0 Å². The Labute approximate surface area is 147 Å². The molecule has 1 amide bonds. The Kier molecular flexibility index (Phi) is 5.85. The Hall–Kier alpha value is -2.34. The minimum Gasteiger partial charge on any atom is -0.497 e. The molecular weight excluding hydrogens is 320 g/mol. The van der Waals surface area contributed by atoms with Crippen LogP contribution in [0, 0.1) is 0 Å². The van der Waals surface area contributed by atoms with Crippen LogP contribution < -0.4 is 15.6 Å². The molecule has 0 saturated carbocycles. The fraction of sp³-hybridized carbons (Fsp3) is 0.474. The smallest absolute Gasteiger partial charge is 0.263 e. The topological polar surface area (TPSA) is 80.6 Å². The minimum atomic E-state index is -0.799. The molecule has 0 aliphatic rings. The summed E-state index contributed by atoms with van der Waals surface area (Å²) in [4.78, 5) is 25.5. The maximum atomic E-state index is 12.9. The predicted octanol–water partition coefficient (Wildman–Crippen LogP) is 2.31. The van der Waals surface area contributed by atoms with Gasteiger partial charge in [0.05, 0.1) is 24.8 Å². The zero-order valence-electron chi connectivity index (χ0n) is 15.3. The van der Waals surface area contributed by atoms with Gasteiger partial charge in [-0.2, -0.15) is 0 Å². The molecule has 25 heavy (non-hydrogen) atoms. The van der Waals surface area contributed by atoms with Crippen molar-refractivity contribution in [3.63, 3.8) is 0 Å². The van der Waals surface area contributed by atoms with Crippen LogP contribution in [0.5, 0.6) is 5.75 Å². The quantitative estimate of drug-likeness (QED) is 0.806. The largest absolute Gasteiger partial charge is 0.497 e. The fourth-order valence-electron chi connectivity index (χ4n) is 2.59. The standard InChI is InChI=1S/C19H26N2O4/c1-5-6-9-21-16-11-14(25-4)8-7-13(16)10-15(18(21)24)17(23)20-19(2,3)12-22/h7-8,10-11,22H,5-6,9,12H2,1-4H3,(H,20,23). The number of hydrogen-bond donors (Lipinski definition) is 2. The first-order chi connectivity index (χ1) is 11.8. The van der Waals surface area contributed by atoms with E-state index in [9.17, 15) is 14.7 Å². The van der Waals surface area contributed by atoms with E-state index in [0.29, 0.717) is 12.3 Å². The summed E-state index contributed by atoms with van der Waals surface area (Å²) in [6.07, 6.45) is 1.77. The number of pyridine rings is 1. The molecule has 2 N–H and O–H groups in total. The van der Waals surface area contributed by atoms with E-state index in [0.717, 1.165) is 23.7 Å². The number of benzene rings is 1. The molecule has 2 aromatic rings. The Morgan fingerprint density at radius 2 is 2.04 bits per heavy atom. The summed E-state index contributed by atoms with van der Waals surface area (Å²) in [5.41, 5.74) is -0.307. The molecule has 0 atom stereocenters. The lowest BCUT2D eigenvalue weighted by atomic mass is 10.1. The van der Waals surface area contributed by atoms with Gasteiger partial charge in [-0.25, -0.2) is 0 Å². The van der Waals surface area contributed by atoms with Crippen molar-refractivity contribution in [2.75, 3.05) is 13.7 Å². The van der Waals surface area contributed by atoms with Gasteiger partial charge in [-0.1, -0.05) is 13.3 Å². The lowest BCUT2D eigenvalue weighted by molar-refractivity contribution is 0.0867. The molecule has 136 valence electrons. The van der Waals surface area contributed by atoms with Gasteiger partial charge in [-0.3, -0.25) is 9.59 Å². The van der Waals surface area contributed by atoms with Crippen LogP contribution >= 0.6 is 0 Å². The number of methoxy groups -OCH3 is 1. The van der Waals surface area contributed by atoms with Gasteiger partial charge in [-0.15, -0.1) is 0 Å². The van der Waals surface area contributed by atoms with Crippen molar-refractivity contribution in [1.82, 2.24) is 9.88 Å². The van der Waals surface area contributed by atoms with Crippen LogP contribution in [0.25, 0.3) is 10.9 Å². The summed E-state index contributed by atoms with van der Waals surface area (Å²) in [6.45, 7) is 5.77. The first-order valence-electron chi connectivity index (χ1n) is 8.48. The SMILES string of the molecule is CCCCn1c(=O)c(C(=O)NC(C)(C)CO)cc2ccc(OC)cc21. The number of amides is 1. The number of nitrogens with one attached hydrogen (secondary N) is 1. The van der Waals surface area contributed by atoms with E-state index < -0.39 is 11.4 Å². The summed E-state index contributed by atoms with van der Waals surface area (Å²) in [5.74, 6) is 0.183. The summed E-state index contributed by atoms with van der Waals surface area (Å²) >= 11 is 0. The first-order valence-corrected chi connectivity index (χ1v) is 8.48. The van der Waals surface area contributed by atoms with Gasteiger partial charge in [-0.05, 0) is 43.9 Å². The monoisotopic (exact) mass is 346 g/mol. The number of carbonyl (C=O) groups is 1. The van der Waals surface area contributed by atoms with Gasteiger partial charge >= 0.3 is 0 Å². The first kappa shape index (κ1) is 19.0. The predicted molar refractivity (Wildman–Crippen MR) is 98.3 cm³/mol. The molecule has 1 heterocycles. The average molecular weight is 346 g/mol. The van der Waals surface area contributed by atoms with Crippen LogP contribution in [0.3, 0.4) is 0 Å². The number of unbranched alkanes of at least 4 members (excludes halogenated alkanes) is 1. The third-order valence-corrected chi connectivity index (χ3v) is 4.13. The number of carbonyl (C=O) groups excluding carboxylic acids is 1. The number of hydrogen-bond acceptors (Lipinski definition) is 4. The van der Waals surface area contributed by atoms with Crippen LogP contribution in [0.2, 0.25) is 0 Å². The Morgan fingerprint density at radius 1 is 1.32 bits per heavy atom. The van der Waals surface area contributed by atoms with E-state index in [1.165, 1.54) is 0 Å². The molecule has 6 heteroatoms. The molecule has 0 bridgehead atoms. The van der Waals surface area contributed by atoms with E-state index in [1.807, 2.05) is 19.1 Å². The molecule has 1 aromatic heterocycles. The summed E-state index contributed by atoms with van der Waals surface area (Å²) in [6, 6.07) is 7.05. The zero-order valence-corrected chi connectivity index (χ0v) is 15.3. The highest BCUT2D eigenvalue weighted by molar-refractivity contribution is 5.98. The van der Waals surface area contributed by atoms with Crippen molar-refractivity contribution in [2.45, 2.75) is 45.7 Å². The summed E-state index contributed by atoms with van der Waals surface area (Å²) < 4.78 is 6.88. The highest BCUT2D eigenvalue weighted by Gasteiger charge is 2.23. The molecule has 1 aromatic carbocycles. The number of rotatable bonds is 7. The van der Waals surface area contributed by atoms with E-state index in [-0.39, 0.29) is 17.7 Å². The van der Waals surface area contributed by atoms with E-state index in [1.54, 1.807) is 37.7 Å². The molecule has 6 nitrogen and oxygen atoms in total. The van der Waals surface area contributed by atoms with E-state index >= 15 is 0 Å². The third-order valence-electron chi connectivity index (χ3n) is 4.13. The van der Waals surface area contributed by atoms with Crippen LogP contribution in [-0.4, -0.2) is 34.8 Å². The molecule has 0 saturated heterocycles. The molecule has 2 rings (SSSR count). The zero-order chi connectivity index (χ0) is 18.6. The molecule has 0 unspecified atom stereocenters. The van der Waals surface area contributed by atoms with Crippen molar-refractivity contribution in [3.05, 3.63) is 40.2 Å². The Morgan fingerprint density at radius 3 is 2.64 bits per heavy atom. The Bertz CT molecular complexity index is 824. The van der Waals surface area contributed by atoms with Crippen molar-refractivity contribution in [3.8, 4) is 5.75 Å². The number of aliphatic hydroxyl groups excluding tert-OH is 1. The number of aryl methyl sites for hydroxylation is 1. The summed E-state index contributed by atoms with van der Waals surface area (Å²) in [7, 11) is 1.58. The maximum Gasteiger partial charge on any atom is 0.263 e. The van der Waals surface area contributed by atoms with Gasteiger partial charge in [0.25, 0.3) is 11.5 Å². The second-order valence-electron chi connectivity index (χ2n) is 6.79. The number of aromatic nitrogens is 1. The number of aliphatic hydroxyl groups is 1. The highest BCUT2D eigenvalue weighted by Crippen LogP contribution is 2.21. The van der Waals surface area contributed by atoms with Gasteiger partial charge in [0.1, 0.15) is 11.3 Å². The number of fused-ring (bicyclic) bond motifs is 1. The molecule has 0 fully saturated rings. The summed E-state index contributed by atoms with van der Waals surface area (Å²) in [5, 5.41) is 12.8. The Balaban J connectivity index is 2.60. The fourth-order valence-corrected chi connectivity index (χ4v) is 2.59. The van der Waals surface area contributed by atoms with Gasteiger partial charge in [0, 0.05) is 12.6 Å². The van der Waals surface area contributed by atoms with Crippen molar-refractivity contribution >= 4 is 16.8 Å². The average Bonchev–Trinajstić information content (AvgIpc) is 2.59. The van der Waals surface area contributed by atoms with Crippen LogP contribution in [0.4, 0.5) is 0 Å². The highest BCUT2D eigenvalue weighted by atomic mass is 16.5. The lowest BCUT2D eigenvalue weighted by Crippen LogP contribution is -2.48. The van der Waals surface area contributed by atoms with E-state index in [2.05, 4.69) is 5.32 Å². The normalized spacial score (nSPS) is 11.6. The van der Waals surface area contributed by atoms with E-state index in [4.69, 9.17) is 4.74 Å². The lowest BCUT2D eigenvalue weighted by Gasteiger charge is -2.23. The number of nitrogens with zero attached hydrogens (tertiary/aromatic N) is 1. The van der Waals surface area contributed by atoms with Gasteiger partial charge in [0.15, 0.2) is 0 Å². The van der Waals surface area contributed by atoms with Gasteiger partial charge < -0.3 is 19.7 Å². The second kappa shape index (κ2) is 7.70. The molecular formula is C19H26N2O4. The molecule has 0 spiro atoms. The molecule has 0 radical (unpaired) electrons. The molecule has 0 aliphatic heterocycles. The number of ether oxygens (including phenoxy) is 1. The van der Waals surface area contributed by atoms with Gasteiger partial charge in [0.2, 0.25) is 0 Å². The third kappa shape index (κ3) is 4.20. The van der Waals surface area contributed by atoms with Crippen LogP contribution in [0.15, 0.2) is 29.1 Å². The molecule has 0 aliphatic carbocycles.